The smallest absolute Gasteiger partial charge is 0.320 e. The molecule has 4 rings (SSSR count). The molecule has 252 valence electrons. The number of rotatable bonds is 9. The van der Waals surface area contributed by atoms with Crippen LogP contribution in [-0.2, 0) is 30.5 Å². The highest BCUT2D eigenvalue weighted by Gasteiger charge is 2.45. The number of likely N-dealkylation sites (tertiary alicyclic amines) is 2. The number of ether oxygens (including phenoxy) is 1. The molecule has 2 aliphatic rings. The summed E-state index contributed by atoms with van der Waals surface area (Å²) in [6, 6.07) is 6.17. The van der Waals surface area contributed by atoms with Gasteiger partial charge in [0.1, 0.15) is 17.7 Å². The molecule has 3 N–H and O–H groups in total. The summed E-state index contributed by atoms with van der Waals surface area (Å²) in [6.45, 7) is 14.7. The number of aromatic nitrogens is 1. The number of nitrogens with zero attached hydrogens (tertiary/aromatic N) is 3. The van der Waals surface area contributed by atoms with E-state index in [9.17, 15) is 24.3 Å². The summed E-state index contributed by atoms with van der Waals surface area (Å²) < 4.78 is 5.42. The van der Waals surface area contributed by atoms with Crippen LogP contribution in [0.3, 0.4) is 0 Å². The third-order valence-electron chi connectivity index (χ3n) is 8.42. The van der Waals surface area contributed by atoms with Crippen molar-refractivity contribution in [2.45, 2.75) is 98.1 Å². The third kappa shape index (κ3) is 9.36. The minimum atomic E-state index is -0.886. The van der Waals surface area contributed by atoms with Gasteiger partial charge in [-0.05, 0) is 70.2 Å². The van der Waals surface area contributed by atoms with Gasteiger partial charge in [-0.25, -0.2) is 4.98 Å². The molecule has 2 aliphatic heterocycles. The molecular weight excluding hydrogens is 606 g/mol. The standard InChI is InChI=1S/C34H49N5O6S/c1-21-28(46-20-36-21)23-10-8-22(9-11-23)17-35-31(43)26-16-25(40)18-39(26)32(44)29(33(2,3)4)37-30(42)24-12-14-38(15-13-24)19-27(41)45-34(5,6)7/h8-11,20,24-26,29,40H,12-19H2,1-7H3,(H,35,43)(H,37,42)/t25-,26+,29-/m1/s1. The number of aliphatic hydroxyl groups excluding tert-OH is 1. The molecule has 3 heterocycles. The fourth-order valence-corrected chi connectivity index (χ4v) is 6.76. The normalized spacial score (nSPS) is 20.3. The molecule has 11 nitrogen and oxygen atoms in total. The number of carbonyl (C=O) groups is 4. The van der Waals surface area contributed by atoms with Crippen molar-refractivity contribution in [3.05, 3.63) is 41.0 Å². The highest BCUT2D eigenvalue weighted by atomic mass is 32.1. The molecule has 1 aromatic heterocycles. The molecular formula is C34H49N5O6S. The van der Waals surface area contributed by atoms with Crippen LogP contribution in [0, 0.1) is 18.3 Å². The monoisotopic (exact) mass is 655 g/mol. The largest absolute Gasteiger partial charge is 0.459 e. The van der Waals surface area contributed by atoms with Crippen LogP contribution >= 0.6 is 11.3 Å². The van der Waals surface area contributed by atoms with Crippen molar-refractivity contribution < 1.29 is 29.0 Å². The van der Waals surface area contributed by atoms with E-state index in [1.807, 2.05) is 83.1 Å². The molecule has 3 atom stereocenters. The van der Waals surface area contributed by atoms with Crippen molar-refractivity contribution in [3.8, 4) is 10.4 Å². The van der Waals surface area contributed by atoms with E-state index in [0.29, 0.717) is 25.9 Å². The molecule has 0 saturated carbocycles. The third-order valence-corrected chi connectivity index (χ3v) is 9.40. The first kappa shape index (κ1) is 35.5. The summed E-state index contributed by atoms with van der Waals surface area (Å²) in [5.74, 6) is -1.54. The Hall–Kier alpha value is -3.35. The molecule has 2 saturated heterocycles. The van der Waals surface area contributed by atoms with Crippen molar-refractivity contribution in [1.29, 1.82) is 0 Å². The van der Waals surface area contributed by atoms with Gasteiger partial charge in [0.2, 0.25) is 17.7 Å². The number of carbonyl (C=O) groups excluding carboxylic acids is 4. The van der Waals surface area contributed by atoms with Gasteiger partial charge in [-0.1, -0.05) is 45.0 Å². The Morgan fingerprint density at radius 2 is 1.70 bits per heavy atom. The number of aliphatic hydroxyl groups is 1. The van der Waals surface area contributed by atoms with Gasteiger partial charge >= 0.3 is 5.97 Å². The first-order valence-corrected chi connectivity index (χ1v) is 16.9. The van der Waals surface area contributed by atoms with Crippen molar-refractivity contribution in [1.82, 2.24) is 25.4 Å². The second-order valence-electron chi connectivity index (χ2n) is 14.5. The van der Waals surface area contributed by atoms with Gasteiger partial charge in [0.05, 0.1) is 28.7 Å². The minimum Gasteiger partial charge on any atom is -0.459 e. The molecule has 3 amide bonds. The van der Waals surface area contributed by atoms with Crippen LogP contribution < -0.4 is 10.6 Å². The molecule has 0 aliphatic carbocycles. The first-order valence-electron chi connectivity index (χ1n) is 16.0. The number of hydrogen-bond donors (Lipinski definition) is 3. The average molecular weight is 656 g/mol. The summed E-state index contributed by atoms with van der Waals surface area (Å²) in [7, 11) is 0. The lowest BCUT2D eigenvalue weighted by molar-refractivity contribution is -0.156. The highest BCUT2D eigenvalue weighted by molar-refractivity contribution is 7.13. The molecule has 1 aromatic carbocycles. The number of esters is 1. The molecule has 46 heavy (non-hydrogen) atoms. The number of benzene rings is 1. The maximum Gasteiger partial charge on any atom is 0.320 e. The zero-order valence-electron chi connectivity index (χ0n) is 28.1. The van der Waals surface area contributed by atoms with Crippen LogP contribution in [0.4, 0.5) is 0 Å². The first-order chi connectivity index (χ1) is 21.5. The Morgan fingerprint density at radius 1 is 1.04 bits per heavy atom. The number of aryl methyl sites for hydroxylation is 1. The van der Waals surface area contributed by atoms with Gasteiger partial charge in [-0.15, -0.1) is 11.3 Å². The van der Waals surface area contributed by atoms with E-state index in [-0.39, 0.29) is 55.7 Å². The molecule has 12 heteroatoms. The van der Waals surface area contributed by atoms with Gasteiger partial charge in [0.25, 0.3) is 0 Å². The van der Waals surface area contributed by atoms with Gasteiger partial charge < -0.3 is 25.4 Å². The second-order valence-corrected chi connectivity index (χ2v) is 15.4. The number of piperidine rings is 1. The topological polar surface area (TPSA) is 141 Å². The number of hydrogen-bond acceptors (Lipinski definition) is 9. The fraction of sp³-hybridized carbons (Fsp3) is 0.618. The molecule has 0 unspecified atom stereocenters. The Morgan fingerprint density at radius 3 is 2.26 bits per heavy atom. The van der Waals surface area contributed by atoms with Crippen molar-refractivity contribution in [2.75, 3.05) is 26.2 Å². The molecule has 0 radical (unpaired) electrons. The number of amides is 3. The zero-order valence-corrected chi connectivity index (χ0v) is 28.9. The predicted octanol–water partition coefficient (Wildman–Crippen LogP) is 3.28. The van der Waals surface area contributed by atoms with E-state index in [1.54, 1.807) is 11.3 Å². The maximum absolute atomic E-state index is 14.0. The highest BCUT2D eigenvalue weighted by Crippen LogP contribution is 2.29. The van der Waals surface area contributed by atoms with E-state index in [2.05, 4.69) is 15.6 Å². The van der Waals surface area contributed by atoms with Crippen molar-refractivity contribution in [2.24, 2.45) is 11.3 Å². The summed E-state index contributed by atoms with van der Waals surface area (Å²) in [5, 5.41) is 16.4. The summed E-state index contributed by atoms with van der Waals surface area (Å²) >= 11 is 1.58. The zero-order chi connectivity index (χ0) is 33.8. The number of thiazole rings is 1. The van der Waals surface area contributed by atoms with E-state index in [1.165, 1.54) is 4.90 Å². The van der Waals surface area contributed by atoms with Gasteiger partial charge in [-0.2, -0.15) is 0 Å². The Labute approximate surface area is 276 Å². The SMILES string of the molecule is Cc1ncsc1-c1ccc(CNC(=O)[C@@H]2C[C@@H](O)CN2C(=O)[C@@H](NC(=O)C2CCN(CC(=O)OC(C)(C)C)CC2)C(C)(C)C)cc1. The minimum absolute atomic E-state index is 0.0192. The lowest BCUT2D eigenvalue weighted by Crippen LogP contribution is -2.58. The molecule has 0 spiro atoms. The van der Waals surface area contributed by atoms with E-state index in [0.717, 1.165) is 21.7 Å². The second kappa shape index (κ2) is 14.6. The van der Waals surface area contributed by atoms with Crippen LogP contribution in [0.5, 0.6) is 0 Å². The molecule has 0 bridgehead atoms. The van der Waals surface area contributed by atoms with Crippen LogP contribution in [0.25, 0.3) is 10.4 Å². The van der Waals surface area contributed by atoms with Gasteiger partial charge in [0, 0.05) is 25.4 Å². The lowest BCUT2D eigenvalue weighted by Gasteiger charge is -2.37. The Balaban J connectivity index is 1.34. The van der Waals surface area contributed by atoms with Crippen LogP contribution in [0.1, 0.15) is 72.1 Å². The van der Waals surface area contributed by atoms with E-state index >= 15 is 0 Å². The van der Waals surface area contributed by atoms with Crippen LogP contribution in [-0.4, -0.2) is 93.5 Å². The Bertz CT molecular complexity index is 1390. The predicted molar refractivity (Wildman–Crippen MR) is 177 cm³/mol. The quantitative estimate of drug-likeness (QED) is 0.350. The van der Waals surface area contributed by atoms with E-state index < -0.39 is 29.2 Å². The number of nitrogens with one attached hydrogen (secondary N) is 2. The summed E-state index contributed by atoms with van der Waals surface area (Å²) in [5.41, 5.74) is 3.57. The lowest BCUT2D eigenvalue weighted by atomic mass is 9.84. The van der Waals surface area contributed by atoms with Crippen molar-refractivity contribution >= 4 is 35.0 Å². The summed E-state index contributed by atoms with van der Waals surface area (Å²) in [6.07, 6.45) is 0.394. The fourth-order valence-electron chi connectivity index (χ4n) is 5.95. The average Bonchev–Trinajstić information content (AvgIpc) is 3.58. The van der Waals surface area contributed by atoms with Crippen molar-refractivity contribution in [3.63, 3.8) is 0 Å². The molecule has 2 fully saturated rings. The van der Waals surface area contributed by atoms with Gasteiger partial charge in [0.15, 0.2) is 0 Å². The summed E-state index contributed by atoms with van der Waals surface area (Å²) in [4.78, 5) is 61.8. The maximum atomic E-state index is 14.0. The molecule has 2 aromatic rings. The van der Waals surface area contributed by atoms with Gasteiger partial charge in [-0.3, -0.25) is 24.1 Å². The number of β-amino-alcohol motifs (C(OH)–C–C–N with tert-alkyl or cyclic N) is 1. The van der Waals surface area contributed by atoms with E-state index in [4.69, 9.17) is 4.74 Å². The van der Waals surface area contributed by atoms with Crippen LogP contribution in [0.15, 0.2) is 29.8 Å². The van der Waals surface area contributed by atoms with Crippen LogP contribution in [0.2, 0.25) is 0 Å². The Kier molecular flexibility index (Phi) is 11.3.